The number of carbonyl (C=O) groups is 1. The Morgan fingerprint density at radius 3 is 2.45 bits per heavy atom. The largest absolute Gasteiger partial charge is 0.478 e. The minimum absolute atomic E-state index is 0.0366. The van der Waals surface area contributed by atoms with Gasteiger partial charge in [0.05, 0.1) is 10.5 Å². The number of carboxylic acids is 1. The summed E-state index contributed by atoms with van der Waals surface area (Å²) >= 11 is 0. The lowest BCUT2D eigenvalue weighted by Crippen LogP contribution is -2.14. The molecule has 0 unspecified atom stereocenters. The molecule has 0 aliphatic heterocycles. The van der Waals surface area contributed by atoms with Crippen LogP contribution in [0.4, 0.5) is 5.82 Å². The number of sulfonamides is 1. The van der Waals surface area contributed by atoms with Crippen molar-refractivity contribution in [2.75, 3.05) is 4.72 Å². The molecule has 2 N–H and O–H groups in total. The van der Waals surface area contributed by atoms with Gasteiger partial charge in [-0.25, -0.2) is 18.2 Å². The summed E-state index contributed by atoms with van der Waals surface area (Å²) in [5, 5.41) is 8.85. The molecule has 2 rings (SSSR count). The van der Waals surface area contributed by atoms with Crippen molar-refractivity contribution in [2.45, 2.75) is 11.8 Å². The summed E-state index contributed by atoms with van der Waals surface area (Å²) in [6, 6.07) is 8.74. The van der Waals surface area contributed by atoms with Crippen LogP contribution >= 0.6 is 0 Å². The molecular formula is C13H12N2O4S. The first kappa shape index (κ1) is 14.0. The van der Waals surface area contributed by atoms with Crippen molar-refractivity contribution in [3.8, 4) is 0 Å². The first-order valence-corrected chi connectivity index (χ1v) is 7.16. The van der Waals surface area contributed by atoms with E-state index in [9.17, 15) is 13.2 Å². The number of nitrogens with one attached hydrogen (secondary N) is 1. The Hall–Kier alpha value is -2.41. The number of aromatic carboxylic acids is 1. The van der Waals surface area contributed by atoms with Gasteiger partial charge in [-0.1, -0.05) is 17.7 Å². The third kappa shape index (κ3) is 3.12. The van der Waals surface area contributed by atoms with Crippen molar-refractivity contribution >= 4 is 21.8 Å². The highest BCUT2D eigenvalue weighted by Gasteiger charge is 2.15. The number of hydrogen-bond donors (Lipinski definition) is 2. The molecule has 0 aliphatic carbocycles. The molecule has 0 spiro atoms. The first-order valence-electron chi connectivity index (χ1n) is 5.67. The van der Waals surface area contributed by atoms with Gasteiger partial charge in [0.2, 0.25) is 0 Å². The van der Waals surface area contributed by atoms with E-state index in [1.54, 1.807) is 12.1 Å². The maximum atomic E-state index is 12.1. The minimum atomic E-state index is -3.78. The van der Waals surface area contributed by atoms with Gasteiger partial charge in [-0.05, 0) is 31.2 Å². The molecular weight excluding hydrogens is 280 g/mol. The number of aromatic nitrogens is 1. The smallest absolute Gasteiger partial charge is 0.335 e. The zero-order valence-corrected chi connectivity index (χ0v) is 11.4. The SMILES string of the molecule is Cc1ccc(S(=O)(=O)Nc2cc(C(=O)O)ccn2)cc1. The molecule has 0 aliphatic rings. The van der Waals surface area contributed by atoms with E-state index >= 15 is 0 Å². The maximum Gasteiger partial charge on any atom is 0.335 e. The van der Waals surface area contributed by atoms with Crippen molar-refractivity contribution in [3.63, 3.8) is 0 Å². The van der Waals surface area contributed by atoms with E-state index in [1.165, 1.54) is 24.4 Å². The fraction of sp³-hybridized carbons (Fsp3) is 0.0769. The van der Waals surface area contributed by atoms with E-state index in [-0.39, 0.29) is 16.3 Å². The van der Waals surface area contributed by atoms with Crippen LogP contribution in [-0.4, -0.2) is 24.5 Å². The number of pyridine rings is 1. The Bertz CT molecular complexity index is 739. The van der Waals surface area contributed by atoms with Gasteiger partial charge >= 0.3 is 5.97 Å². The highest BCUT2D eigenvalue weighted by Crippen LogP contribution is 2.15. The Morgan fingerprint density at radius 1 is 1.20 bits per heavy atom. The highest BCUT2D eigenvalue weighted by molar-refractivity contribution is 7.92. The van der Waals surface area contributed by atoms with Crippen LogP contribution < -0.4 is 4.72 Å². The van der Waals surface area contributed by atoms with Crippen LogP contribution in [0.2, 0.25) is 0 Å². The summed E-state index contributed by atoms with van der Waals surface area (Å²) in [5.41, 5.74) is 0.900. The van der Waals surface area contributed by atoms with Crippen LogP contribution in [0, 0.1) is 6.92 Å². The van der Waals surface area contributed by atoms with E-state index in [0.29, 0.717) is 0 Å². The number of anilines is 1. The summed E-state index contributed by atoms with van der Waals surface area (Å²) in [4.78, 5) is 14.7. The summed E-state index contributed by atoms with van der Waals surface area (Å²) in [7, 11) is -3.78. The second-order valence-electron chi connectivity index (χ2n) is 4.15. The van der Waals surface area contributed by atoms with Crippen LogP contribution in [0.15, 0.2) is 47.5 Å². The summed E-state index contributed by atoms with van der Waals surface area (Å²) in [6.07, 6.45) is 1.23. The maximum absolute atomic E-state index is 12.1. The molecule has 0 saturated heterocycles. The number of nitrogens with zero attached hydrogens (tertiary/aromatic N) is 1. The molecule has 0 saturated carbocycles. The molecule has 0 atom stereocenters. The van der Waals surface area contributed by atoms with Gasteiger partial charge in [0.15, 0.2) is 0 Å². The molecule has 1 aromatic carbocycles. The van der Waals surface area contributed by atoms with Gasteiger partial charge in [-0.2, -0.15) is 0 Å². The van der Waals surface area contributed by atoms with E-state index < -0.39 is 16.0 Å². The quantitative estimate of drug-likeness (QED) is 0.897. The fourth-order valence-electron chi connectivity index (χ4n) is 1.53. The fourth-order valence-corrected chi connectivity index (χ4v) is 2.53. The summed E-state index contributed by atoms with van der Waals surface area (Å²) in [5.74, 6) is -1.19. The van der Waals surface area contributed by atoms with E-state index in [4.69, 9.17) is 5.11 Å². The first-order chi connectivity index (χ1) is 9.38. The van der Waals surface area contributed by atoms with Gasteiger partial charge in [0.1, 0.15) is 5.82 Å². The van der Waals surface area contributed by atoms with E-state index in [2.05, 4.69) is 9.71 Å². The Balaban J connectivity index is 2.31. The van der Waals surface area contributed by atoms with Gasteiger partial charge < -0.3 is 5.11 Å². The van der Waals surface area contributed by atoms with Crippen LogP contribution in [0.5, 0.6) is 0 Å². The number of hydrogen-bond acceptors (Lipinski definition) is 4. The Morgan fingerprint density at radius 2 is 1.85 bits per heavy atom. The van der Waals surface area contributed by atoms with Crippen molar-refractivity contribution in [1.82, 2.24) is 4.98 Å². The molecule has 0 bridgehead atoms. The average Bonchev–Trinajstić information content (AvgIpc) is 2.39. The lowest BCUT2D eigenvalue weighted by atomic mass is 10.2. The molecule has 1 aromatic heterocycles. The average molecular weight is 292 g/mol. The molecule has 104 valence electrons. The second-order valence-corrected chi connectivity index (χ2v) is 5.84. The molecule has 7 heteroatoms. The molecule has 0 radical (unpaired) electrons. The van der Waals surface area contributed by atoms with E-state index in [0.717, 1.165) is 11.6 Å². The molecule has 0 amide bonds. The molecule has 1 heterocycles. The van der Waals surface area contributed by atoms with Crippen LogP contribution in [0.25, 0.3) is 0 Å². The molecule has 6 nitrogen and oxygen atoms in total. The van der Waals surface area contributed by atoms with Gasteiger partial charge in [0, 0.05) is 6.20 Å². The van der Waals surface area contributed by atoms with Crippen LogP contribution in [0.3, 0.4) is 0 Å². The van der Waals surface area contributed by atoms with Crippen molar-refractivity contribution in [3.05, 3.63) is 53.7 Å². The highest BCUT2D eigenvalue weighted by atomic mass is 32.2. The number of carboxylic acid groups (broad SMARTS) is 1. The van der Waals surface area contributed by atoms with Gasteiger partial charge in [-0.3, -0.25) is 4.72 Å². The lowest BCUT2D eigenvalue weighted by molar-refractivity contribution is 0.0697. The standard InChI is InChI=1S/C13H12N2O4S/c1-9-2-4-11(5-3-9)20(18,19)15-12-8-10(13(16)17)6-7-14-12/h2-8H,1H3,(H,14,15)(H,16,17). The van der Waals surface area contributed by atoms with Crippen LogP contribution in [0.1, 0.15) is 15.9 Å². The zero-order chi connectivity index (χ0) is 14.8. The van der Waals surface area contributed by atoms with E-state index in [1.807, 2.05) is 6.92 Å². The lowest BCUT2D eigenvalue weighted by Gasteiger charge is -2.08. The predicted molar refractivity (Wildman–Crippen MR) is 73.2 cm³/mol. The third-order valence-corrected chi connectivity index (χ3v) is 3.95. The second kappa shape index (κ2) is 5.30. The molecule has 2 aromatic rings. The summed E-state index contributed by atoms with van der Waals surface area (Å²) < 4.78 is 26.4. The molecule has 20 heavy (non-hydrogen) atoms. The topological polar surface area (TPSA) is 96.4 Å². The van der Waals surface area contributed by atoms with Crippen LogP contribution in [-0.2, 0) is 10.0 Å². The van der Waals surface area contributed by atoms with Crippen molar-refractivity contribution in [2.24, 2.45) is 0 Å². The molecule has 0 fully saturated rings. The van der Waals surface area contributed by atoms with Gasteiger partial charge in [-0.15, -0.1) is 0 Å². The predicted octanol–water partition coefficient (Wildman–Crippen LogP) is 1.89. The number of rotatable bonds is 4. The normalized spacial score (nSPS) is 11.1. The Kier molecular flexibility index (Phi) is 3.71. The Labute approximate surface area is 116 Å². The zero-order valence-electron chi connectivity index (χ0n) is 10.6. The van der Waals surface area contributed by atoms with Crippen molar-refractivity contribution < 1.29 is 18.3 Å². The number of aryl methyl sites for hydroxylation is 1. The number of benzene rings is 1. The monoisotopic (exact) mass is 292 g/mol. The summed E-state index contributed by atoms with van der Waals surface area (Å²) in [6.45, 7) is 1.85. The minimum Gasteiger partial charge on any atom is -0.478 e. The van der Waals surface area contributed by atoms with Gasteiger partial charge in [0.25, 0.3) is 10.0 Å². The van der Waals surface area contributed by atoms with Crippen molar-refractivity contribution in [1.29, 1.82) is 0 Å². The third-order valence-electron chi connectivity index (χ3n) is 2.58.